The number of rotatable bonds is 18. The highest BCUT2D eigenvalue weighted by atomic mass is 35.5. The number of aryl methyl sites for hydroxylation is 1. The van der Waals surface area contributed by atoms with Crippen molar-refractivity contribution in [1.29, 1.82) is 0 Å². The Morgan fingerprint density at radius 3 is 2.03 bits per heavy atom. The summed E-state index contributed by atoms with van der Waals surface area (Å²) < 4.78 is 6.16. The Labute approximate surface area is 418 Å². The molecule has 16 heteroatoms. The van der Waals surface area contributed by atoms with Crippen LogP contribution in [0.25, 0.3) is 21.6 Å². The SMILES string of the molecule is Cc1ncsc1-c1ccc(CNC(=O)[C@@H]2C[C@@H](O)CN2C(=O)C(NC(=O)CCC(=O)N2CCN(CCOc3ccc(C(=C(CCCl)c4ccc(O)cc4)c4ccc(O)cc4)cc3)CC2)C(C)(C)C)cc1. The van der Waals surface area contributed by atoms with Gasteiger partial charge in [0.2, 0.25) is 23.6 Å². The van der Waals surface area contributed by atoms with E-state index in [0.29, 0.717) is 57.4 Å². The van der Waals surface area contributed by atoms with Crippen molar-refractivity contribution < 1.29 is 39.2 Å². The van der Waals surface area contributed by atoms with Crippen molar-refractivity contribution in [3.8, 4) is 27.7 Å². The summed E-state index contributed by atoms with van der Waals surface area (Å²) in [6.07, 6.45) is -0.342. The van der Waals surface area contributed by atoms with E-state index in [1.807, 2.05) is 106 Å². The molecule has 5 aromatic rings. The van der Waals surface area contributed by atoms with Crippen LogP contribution >= 0.6 is 22.9 Å². The van der Waals surface area contributed by atoms with Gasteiger partial charge in [0.25, 0.3) is 0 Å². The number of piperazine rings is 1. The van der Waals surface area contributed by atoms with Crippen LogP contribution in [0.1, 0.15) is 74.4 Å². The van der Waals surface area contributed by atoms with Crippen LogP contribution in [-0.4, -0.2) is 129 Å². The van der Waals surface area contributed by atoms with Crippen molar-refractivity contribution in [3.05, 3.63) is 131 Å². The van der Waals surface area contributed by atoms with Crippen LogP contribution in [0.2, 0.25) is 0 Å². The lowest BCUT2D eigenvalue weighted by molar-refractivity contribution is -0.144. The average Bonchev–Trinajstić information content (AvgIpc) is 3.97. The lowest BCUT2D eigenvalue weighted by Gasteiger charge is -2.36. The number of allylic oxidation sites excluding steroid dienone is 1. The van der Waals surface area contributed by atoms with E-state index in [1.54, 1.807) is 40.5 Å². The van der Waals surface area contributed by atoms with E-state index in [2.05, 4.69) is 20.5 Å². The Balaban J connectivity index is 0.861. The lowest BCUT2D eigenvalue weighted by Crippen LogP contribution is -2.57. The summed E-state index contributed by atoms with van der Waals surface area (Å²) in [5.41, 5.74) is 8.72. The molecule has 3 atom stereocenters. The van der Waals surface area contributed by atoms with Gasteiger partial charge in [-0.3, -0.25) is 24.1 Å². The number of likely N-dealkylation sites (tertiary alicyclic amines) is 1. The number of aromatic nitrogens is 1. The van der Waals surface area contributed by atoms with Crippen LogP contribution < -0.4 is 15.4 Å². The number of aromatic hydroxyl groups is 2. The first-order valence-electron chi connectivity index (χ1n) is 23.7. The maximum atomic E-state index is 14.1. The summed E-state index contributed by atoms with van der Waals surface area (Å²) in [6, 6.07) is 27.9. The van der Waals surface area contributed by atoms with Gasteiger partial charge in [-0.2, -0.15) is 0 Å². The Hall–Kier alpha value is -6.26. The number of aliphatic hydroxyl groups excluding tert-OH is 1. The molecular weight excluding hydrogens is 928 g/mol. The van der Waals surface area contributed by atoms with E-state index >= 15 is 0 Å². The van der Waals surface area contributed by atoms with Crippen molar-refractivity contribution >= 4 is 57.7 Å². The number of carbonyl (C=O) groups excluding carboxylic acids is 4. The number of nitrogens with zero attached hydrogens (tertiary/aromatic N) is 4. The summed E-state index contributed by atoms with van der Waals surface area (Å²) in [4.78, 5) is 65.1. The molecule has 3 heterocycles. The summed E-state index contributed by atoms with van der Waals surface area (Å²) in [5.74, 6) is 0.0234. The summed E-state index contributed by atoms with van der Waals surface area (Å²) in [6.45, 7) is 11.1. The first-order valence-corrected chi connectivity index (χ1v) is 25.2. The third kappa shape index (κ3) is 13.3. The first-order chi connectivity index (χ1) is 33.6. The number of phenolic OH excluding ortho intramolecular Hbond substituents is 2. The maximum Gasteiger partial charge on any atom is 0.246 e. The molecule has 1 unspecified atom stereocenters. The number of aliphatic hydroxyl groups is 1. The van der Waals surface area contributed by atoms with Gasteiger partial charge >= 0.3 is 0 Å². The molecule has 0 radical (unpaired) electrons. The number of β-amino-alcohol motifs (C(OH)–C–C–N with tert-alkyl or cyclic N) is 1. The number of phenols is 2. The zero-order chi connectivity index (χ0) is 50.0. The number of carbonyl (C=O) groups is 4. The number of alkyl halides is 1. The Kier molecular flexibility index (Phi) is 17.4. The number of hydrogen-bond acceptors (Lipinski definition) is 11. The molecule has 370 valence electrons. The molecule has 0 bridgehead atoms. The Morgan fingerprint density at radius 2 is 1.44 bits per heavy atom. The molecule has 2 aliphatic heterocycles. The molecule has 7 rings (SSSR count). The van der Waals surface area contributed by atoms with Gasteiger partial charge in [0.1, 0.15) is 35.9 Å². The third-order valence-electron chi connectivity index (χ3n) is 12.8. The minimum atomic E-state index is -0.993. The average molecular weight is 992 g/mol. The highest BCUT2D eigenvalue weighted by Crippen LogP contribution is 2.37. The van der Waals surface area contributed by atoms with Crippen molar-refractivity contribution in [2.75, 3.05) is 51.8 Å². The molecule has 5 N–H and O–H groups in total. The standard InChI is InChI=1S/C54H63ClN6O8S/c1-35-50(70-34-57-35)40-7-5-36(6-8-40)32-56-52(67)46-31-43(64)33-61(46)53(68)51(54(2,3)4)58-47(65)21-22-48(66)60-27-25-59(26-28-60)29-30-69-44-19-13-39(14-20-44)49(38-11-17-42(63)18-12-38)45(23-24-55)37-9-15-41(62)16-10-37/h5-20,34,43,46,51,62-64H,21-33H2,1-4H3,(H,56,67)(H,58,65)/t43-,46+,51?/m1/s1. The molecule has 0 spiro atoms. The molecule has 2 aliphatic rings. The number of hydrogen-bond donors (Lipinski definition) is 5. The second-order valence-electron chi connectivity index (χ2n) is 18.9. The highest BCUT2D eigenvalue weighted by molar-refractivity contribution is 7.13. The van der Waals surface area contributed by atoms with Crippen LogP contribution in [0.5, 0.6) is 17.2 Å². The molecule has 1 aromatic heterocycles. The van der Waals surface area contributed by atoms with Crippen LogP contribution in [0.15, 0.2) is 103 Å². The molecule has 2 fully saturated rings. The number of amides is 4. The van der Waals surface area contributed by atoms with E-state index in [0.717, 1.165) is 49.5 Å². The van der Waals surface area contributed by atoms with Gasteiger partial charge in [0.05, 0.1) is 22.2 Å². The molecule has 70 heavy (non-hydrogen) atoms. The zero-order valence-corrected chi connectivity index (χ0v) is 41.8. The van der Waals surface area contributed by atoms with Crippen LogP contribution in [0, 0.1) is 12.3 Å². The van der Waals surface area contributed by atoms with Crippen molar-refractivity contribution in [3.63, 3.8) is 0 Å². The van der Waals surface area contributed by atoms with Gasteiger partial charge < -0.3 is 40.5 Å². The zero-order valence-electron chi connectivity index (χ0n) is 40.2. The normalized spacial score (nSPS) is 17.2. The van der Waals surface area contributed by atoms with E-state index in [-0.39, 0.29) is 55.7 Å². The van der Waals surface area contributed by atoms with E-state index < -0.39 is 35.4 Å². The fourth-order valence-electron chi connectivity index (χ4n) is 8.94. The quantitative estimate of drug-likeness (QED) is 0.0444. The molecule has 2 saturated heterocycles. The second-order valence-corrected chi connectivity index (χ2v) is 20.2. The molecule has 14 nitrogen and oxygen atoms in total. The Bertz CT molecular complexity index is 2610. The maximum absolute atomic E-state index is 14.1. The summed E-state index contributed by atoms with van der Waals surface area (Å²) in [5, 5.41) is 36.4. The van der Waals surface area contributed by atoms with E-state index in [9.17, 15) is 34.5 Å². The predicted molar refractivity (Wildman–Crippen MR) is 273 cm³/mol. The number of ether oxygens (including phenoxy) is 1. The highest BCUT2D eigenvalue weighted by Gasteiger charge is 2.44. The molecule has 4 amide bonds. The minimum absolute atomic E-state index is 0.0137. The van der Waals surface area contributed by atoms with Gasteiger partial charge in [-0.15, -0.1) is 22.9 Å². The van der Waals surface area contributed by atoms with Gasteiger partial charge in [-0.05, 0) is 94.1 Å². The molecular formula is C54H63ClN6O8S. The molecule has 0 saturated carbocycles. The lowest BCUT2D eigenvalue weighted by atomic mass is 9.85. The van der Waals surface area contributed by atoms with Gasteiger partial charge in [0, 0.05) is 71.0 Å². The number of halogens is 1. The fraction of sp³-hybridized carbons (Fsp3) is 0.389. The van der Waals surface area contributed by atoms with Gasteiger partial charge in [-0.1, -0.05) is 81.4 Å². The van der Waals surface area contributed by atoms with Crippen molar-refractivity contribution in [1.82, 2.24) is 30.3 Å². The predicted octanol–water partition coefficient (Wildman–Crippen LogP) is 7.23. The monoisotopic (exact) mass is 990 g/mol. The first kappa shape index (κ1) is 51.6. The topological polar surface area (TPSA) is 185 Å². The van der Waals surface area contributed by atoms with Crippen molar-refractivity contribution in [2.45, 2.75) is 78.1 Å². The van der Waals surface area contributed by atoms with Crippen LogP contribution in [0.4, 0.5) is 0 Å². The summed E-state index contributed by atoms with van der Waals surface area (Å²) in [7, 11) is 0. The molecule has 0 aliphatic carbocycles. The summed E-state index contributed by atoms with van der Waals surface area (Å²) >= 11 is 7.87. The van der Waals surface area contributed by atoms with E-state index in [4.69, 9.17) is 16.3 Å². The van der Waals surface area contributed by atoms with Gasteiger partial charge in [0.15, 0.2) is 0 Å². The smallest absolute Gasteiger partial charge is 0.246 e. The van der Waals surface area contributed by atoms with Gasteiger partial charge in [-0.25, -0.2) is 4.98 Å². The Morgan fingerprint density at radius 1 is 0.829 bits per heavy atom. The largest absolute Gasteiger partial charge is 0.508 e. The third-order valence-corrected chi connectivity index (χ3v) is 14.0. The number of nitrogens with one attached hydrogen (secondary N) is 2. The van der Waals surface area contributed by atoms with Crippen LogP contribution in [-0.2, 0) is 25.7 Å². The minimum Gasteiger partial charge on any atom is -0.508 e. The molecule has 4 aromatic carbocycles. The second kappa shape index (κ2) is 23.6. The van der Waals surface area contributed by atoms with E-state index in [1.165, 1.54) is 4.90 Å². The van der Waals surface area contributed by atoms with Crippen molar-refractivity contribution in [2.24, 2.45) is 5.41 Å². The number of thiazole rings is 1. The number of benzene rings is 4. The van der Waals surface area contributed by atoms with Crippen LogP contribution in [0.3, 0.4) is 0 Å². The fourth-order valence-corrected chi connectivity index (χ4v) is 9.94.